The number of rotatable bonds is 3. The van der Waals surface area contributed by atoms with Gasteiger partial charge in [0.15, 0.2) is 0 Å². The molecule has 1 saturated heterocycles. The second kappa shape index (κ2) is 6.78. The molecular formula is C27H34O8. The van der Waals surface area contributed by atoms with E-state index in [9.17, 15) is 24.9 Å². The number of methoxy groups -OCH3 is 1. The molecule has 8 nitrogen and oxygen atoms in total. The molecule has 3 saturated carbocycles. The largest absolute Gasteiger partial charge is 0.472 e. The molecule has 190 valence electrons. The van der Waals surface area contributed by atoms with Crippen molar-refractivity contribution in [3.8, 4) is 0 Å². The molecule has 9 atom stereocenters. The van der Waals surface area contributed by atoms with Gasteiger partial charge >= 0.3 is 11.9 Å². The van der Waals surface area contributed by atoms with Gasteiger partial charge in [0.2, 0.25) is 0 Å². The quantitative estimate of drug-likeness (QED) is 0.440. The highest BCUT2D eigenvalue weighted by Gasteiger charge is 2.85. The molecule has 3 N–H and O–H groups in total. The first-order valence-corrected chi connectivity index (χ1v) is 12.5. The third-order valence-electron chi connectivity index (χ3n) is 10.9. The predicted octanol–water partition coefficient (Wildman–Crippen LogP) is 2.82. The number of aliphatic hydroxyl groups is 3. The zero-order chi connectivity index (χ0) is 25.2. The van der Waals surface area contributed by atoms with E-state index in [1.807, 2.05) is 20.8 Å². The average molecular weight is 487 g/mol. The third kappa shape index (κ3) is 2.44. The standard InChI is InChI=1S/C27H34O8/c1-23-11-18(28)27(32)21-15(25(3,26(27,31)13-23)17(23)10-19(29)33-4)5-7-24(2)16(21)9-20(30)35-22(24)14-6-8-34-12-14/h6,8,12,15,17-18,22,28,31-32H,5,7,9-11,13H2,1-4H3/t15-,17-,18+,22-,23+,24+,25+,26+,27-/m0/s1. The van der Waals surface area contributed by atoms with Crippen LogP contribution in [0.2, 0.25) is 0 Å². The number of aliphatic hydroxyl groups excluding tert-OH is 1. The smallest absolute Gasteiger partial charge is 0.310 e. The molecular weight excluding hydrogens is 452 g/mol. The minimum atomic E-state index is -1.91. The molecule has 0 radical (unpaired) electrons. The number of ether oxygens (including phenoxy) is 2. The fraction of sp³-hybridized carbons (Fsp3) is 0.704. The topological polar surface area (TPSA) is 126 Å². The Hall–Kier alpha value is -2.16. The lowest BCUT2D eigenvalue weighted by Gasteiger charge is -2.54. The first-order chi connectivity index (χ1) is 16.4. The van der Waals surface area contributed by atoms with Gasteiger partial charge in [-0.3, -0.25) is 9.59 Å². The summed E-state index contributed by atoms with van der Waals surface area (Å²) in [6.07, 6.45) is 3.21. The normalized spacial score (nSPS) is 50.0. The van der Waals surface area contributed by atoms with Crippen molar-refractivity contribution in [2.45, 2.75) is 82.7 Å². The van der Waals surface area contributed by atoms with Crippen LogP contribution < -0.4 is 0 Å². The van der Waals surface area contributed by atoms with E-state index in [1.54, 1.807) is 18.6 Å². The first kappa shape index (κ1) is 23.3. The number of furan rings is 1. The average Bonchev–Trinajstić information content (AvgIpc) is 3.41. The van der Waals surface area contributed by atoms with Crippen LogP contribution in [0.5, 0.6) is 0 Å². The van der Waals surface area contributed by atoms with Crippen LogP contribution in [0.25, 0.3) is 0 Å². The highest BCUT2D eigenvalue weighted by Crippen LogP contribution is 2.80. The van der Waals surface area contributed by atoms with Crippen LogP contribution in [0, 0.1) is 28.1 Å². The molecule has 4 fully saturated rings. The lowest BCUT2D eigenvalue weighted by atomic mass is 9.54. The summed E-state index contributed by atoms with van der Waals surface area (Å²) < 4.78 is 16.1. The number of carbonyl (C=O) groups excluding carboxylic acids is 2. The van der Waals surface area contributed by atoms with Crippen LogP contribution in [0.3, 0.4) is 0 Å². The van der Waals surface area contributed by atoms with Crippen molar-refractivity contribution in [2.24, 2.45) is 28.1 Å². The lowest BCUT2D eigenvalue weighted by molar-refractivity contribution is -0.215. The number of cyclic esters (lactones) is 1. The predicted molar refractivity (Wildman–Crippen MR) is 121 cm³/mol. The summed E-state index contributed by atoms with van der Waals surface area (Å²) in [6, 6.07) is 1.78. The van der Waals surface area contributed by atoms with E-state index in [0.717, 1.165) is 11.1 Å². The molecule has 6 rings (SSSR count). The Labute approximate surface area is 204 Å². The van der Waals surface area contributed by atoms with Gasteiger partial charge in [-0.1, -0.05) is 20.8 Å². The van der Waals surface area contributed by atoms with E-state index in [2.05, 4.69) is 0 Å². The van der Waals surface area contributed by atoms with E-state index in [0.29, 0.717) is 18.4 Å². The van der Waals surface area contributed by atoms with Crippen LogP contribution in [-0.2, 0) is 19.1 Å². The summed E-state index contributed by atoms with van der Waals surface area (Å²) in [7, 11) is 1.35. The monoisotopic (exact) mass is 486 g/mol. The van der Waals surface area contributed by atoms with Crippen LogP contribution in [-0.4, -0.2) is 51.7 Å². The molecule has 1 aromatic heterocycles. The Morgan fingerprint density at radius 2 is 2.00 bits per heavy atom. The fourth-order valence-corrected chi connectivity index (χ4v) is 9.42. The zero-order valence-electron chi connectivity index (χ0n) is 20.7. The molecule has 1 aliphatic heterocycles. The summed E-state index contributed by atoms with van der Waals surface area (Å²) in [5.41, 5.74) is -3.51. The van der Waals surface area contributed by atoms with Gasteiger partial charge in [0.25, 0.3) is 0 Å². The number of carbonyl (C=O) groups is 2. The molecule has 5 aliphatic rings. The Morgan fingerprint density at radius 3 is 2.66 bits per heavy atom. The van der Waals surface area contributed by atoms with Crippen LogP contribution >= 0.6 is 0 Å². The summed E-state index contributed by atoms with van der Waals surface area (Å²) in [4.78, 5) is 25.4. The molecule has 0 unspecified atom stereocenters. The molecule has 1 aromatic rings. The van der Waals surface area contributed by atoms with Gasteiger partial charge < -0.3 is 29.2 Å². The Morgan fingerprint density at radius 1 is 1.26 bits per heavy atom. The second-order valence-electron chi connectivity index (χ2n) is 12.3. The van der Waals surface area contributed by atoms with Crippen LogP contribution in [0.15, 0.2) is 34.2 Å². The molecule has 4 aliphatic carbocycles. The van der Waals surface area contributed by atoms with Gasteiger partial charge in [-0.15, -0.1) is 0 Å². The van der Waals surface area contributed by atoms with Gasteiger partial charge in [-0.25, -0.2) is 0 Å². The van der Waals surface area contributed by atoms with Crippen molar-refractivity contribution in [1.82, 2.24) is 0 Å². The minimum absolute atomic E-state index is 0.00316. The minimum Gasteiger partial charge on any atom is -0.472 e. The molecule has 0 spiro atoms. The van der Waals surface area contributed by atoms with Gasteiger partial charge in [-0.05, 0) is 60.1 Å². The maximum atomic E-state index is 12.9. The van der Waals surface area contributed by atoms with Crippen molar-refractivity contribution < 1.29 is 38.8 Å². The van der Waals surface area contributed by atoms with E-state index in [1.165, 1.54) is 7.11 Å². The SMILES string of the molecule is COC(=O)C[C@H]1[C@]2(C)C[C@@H](O)[C@]3(O)C4=C5CC(=O)O[C@@H](c6ccoc6)[C@]5(C)CC[C@@H]4[C@@]1(C)[C@]3(O)C2. The van der Waals surface area contributed by atoms with Gasteiger partial charge in [0.1, 0.15) is 17.3 Å². The number of fused-ring (bicyclic) bond motifs is 5. The van der Waals surface area contributed by atoms with E-state index in [-0.39, 0.29) is 43.5 Å². The lowest BCUT2D eigenvalue weighted by Crippen LogP contribution is -2.64. The summed E-state index contributed by atoms with van der Waals surface area (Å²) in [5.74, 6) is -1.36. The molecule has 0 amide bonds. The number of hydrogen-bond donors (Lipinski definition) is 3. The van der Waals surface area contributed by atoms with Crippen molar-refractivity contribution in [2.75, 3.05) is 7.11 Å². The van der Waals surface area contributed by atoms with E-state index in [4.69, 9.17) is 13.9 Å². The fourth-order valence-electron chi connectivity index (χ4n) is 9.42. The Bertz CT molecular complexity index is 1140. The van der Waals surface area contributed by atoms with Crippen LogP contribution in [0.1, 0.15) is 71.0 Å². The van der Waals surface area contributed by atoms with Crippen LogP contribution in [0.4, 0.5) is 0 Å². The molecule has 2 heterocycles. The summed E-state index contributed by atoms with van der Waals surface area (Å²) >= 11 is 0. The molecule has 0 aromatic carbocycles. The number of hydrogen-bond acceptors (Lipinski definition) is 8. The van der Waals surface area contributed by atoms with Crippen molar-refractivity contribution in [3.63, 3.8) is 0 Å². The van der Waals surface area contributed by atoms with Gasteiger partial charge in [-0.2, -0.15) is 0 Å². The molecule has 2 bridgehead atoms. The maximum Gasteiger partial charge on any atom is 0.310 e. The van der Waals surface area contributed by atoms with E-state index >= 15 is 0 Å². The highest BCUT2D eigenvalue weighted by molar-refractivity contribution is 5.76. The number of esters is 2. The zero-order valence-corrected chi connectivity index (χ0v) is 20.7. The van der Waals surface area contributed by atoms with E-state index < -0.39 is 45.6 Å². The molecule has 35 heavy (non-hydrogen) atoms. The maximum absolute atomic E-state index is 12.9. The van der Waals surface area contributed by atoms with Gasteiger partial charge in [0.05, 0.1) is 32.2 Å². The summed E-state index contributed by atoms with van der Waals surface area (Å²) in [5, 5.41) is 36.4. The van der Waals surface area contributed by atoms with Gasteiger partial charge in [0, 0.05) is 22.8 Å². The molecule has 8 heteroatoms. The Balaban J connectivity index is 1.60. The van der Waals surface area contributed by atoms with Crippen molar-refractivity contribution in [3.05, 3.63) is 35.3 Å². The van der Waals surface area contributed by atoms with Crippen molar-refractivity contribution >= 4 is 11.9 Å². The highest BCUT2D eigenvalue weighted by atomic mass is 16.5. The Kier molecular flexibility index (Phi) is 4.50. The van der Waals surface area contributed by atoms with Crippen molar-refractivity contribution in [1.29, 1.82) is 0 Å². The second-order valence-corrected chi connectivity index (χ2v) is 12.3. The third-order valence-corrected chi connectivity index (χ3v) is 10.9. The summed E-state index contributed by atoms with van der Waals surface area (Å²) in [6.45, 7) is 5.99. The first-order valence-electron chi connectivity index (χ1n) is 12.5.